The Morgan fingerprint density at radius 3 is 2.80 bits per heavy atom. The minimum atomic E-state index is -0.758. The number of para-hydroxylation sites is 2. The maximum Gasteiger partial charge on any atom is 0.236 e. The third kappa shape index (κ3) is 1.82. The van der Waals surface area contributed by atoms with Gasteiger partial charge in [0.2, 0.25) is 5.91 Å². The summed E-state index contributed by atoms with van der Waals surface area (Å²) < 4.78 is 5.92. The van der Waals surface area contributed by atoms with Crippen LogP contribution in [0.3, 0.4) is 0 Å². The molecule has 0 aromatic heterocycles. The van der Waals surface area contributed by atoms with Gasteiger partial charge in [-0.3, -0.25) is 9.59 Å². The van der Waals surface area contributed by atoms with E-state index in [0.717, 1.165) is 28.8 Å². The molecular weight excluding hydrogens is 314 g/mol. The predicted molar refractivity (Wildman–Crippen MR) is 93.7 cm³/mol. The number of nitrogens with one attached hydrogen (secondary N) is 1. The monoisotopic (exact) mass is 331 g/mol. The molecule has 1 aliphatic carbocycles. The van der Waals surface area contributed by atoms with Crippen LogP contribution in [0, 0.1) is 5.92 Å². The molecule has 5 rings (SSSR count). The summed E-state index contributed by atoms with van der Waals surface area (Å²) in [5, 5.41) is 3.04. The Morgan fingerprint density at radius 2 is 1.92 bits per heavy atom. The van der Waals surface area contributed by atoms with Gasteiger partial charge in [-0.1, -0.05) is 42.5 Å². The molecule has 0 fully saturated rings. The van der Waals surface area contributed by atoms with E-state index in [0.29, 0.717) is 18.6 Å². The van der Waals surface area contributed by atoms with Crippen LogP contribution in [-0.2, 0) is 15.0 Å². The number of fused-ring (bicyclic) bond motifs is 6. The van der Waals surface area contributed by atoms with E-state index in [1.165, 1.54) is 0 Å². The van der Waals surface area contributed by atoms with Crippen LogP contribution in [0.1, 0.15) is 23.5 Å². The average molecular weight is 331 g/mol. The van der Waals surface area contributed by atoms with Crippen molar-refractivity contribution in [2.45, 2.75) is 17.8 Å². The van der Waals surface area contributed by atoms with Crippen LogP contribution in [0.5, 0.6) is 5.75 Å². The molecule has 1 N–H and O–H groups in total. The first kappa shape index (κ1) is 14.5. The molecule has 25 heavy (non-hydrogen) atoms. The molecule has 3 aliphatic rings. The number of hydrogen-bond acceptors (Lipinski definition) is 3. The molecule has 1 spiro atoms. The van der Waals surface area contributed by atoms with Crippen molar-refractivity contribution in [3.05, 3.63) is 71.3 Å². The molecular formula is C21H17NO3. The van der Waals surface area contributed by atoms with Crippen LogP contribution in [0.2, 0.25) is 0 Å². The zero-order valence-electron chi connectivity index (χ0n) is 13.6. The second kappa shape index (κ2) is 5.06. The smallest absolute Gasteiger partial charge is 0.236 e. The molecule has 2 aromatic carbocycles. The van der Waals surface area contributed by atoms with Crippen LogP contribution in [0.4, 0.5) is 5.69 Å². The number of aldehydes is 1. The highest BCUT2D eigenvalue weighted by Crippen LogP contribution is 2.58. The van der Waals surface area contributed by atoms with Crippen molar-refractivity contribution in [2.24, 2.45) is 5.92 Å². The predicted octanol–water partition coefficient (Wildman–Crippen LogP) is 3.20. The van der Waals surface area contributed by atoms with E-state index < -0.39 is 5.41 Å². The SMILES string of the molecule is O=CC1=C[C@@H]2COc3ccccc3[C@H]2C2(C1)C(=O)Nc1ccccc12. The number of ether oxygens (including phenoxy) is 1. The number of hydrogen-bond donors (Lipinski definition) is 1. The molecule has 2 heterocycles. The van der Waals surface area contributed by atoms with Crippen molar-refractivity contribution in [1.82, 2.24) is 0 Å². The largest absolute Gasteiger partial charge is 0.493 e. The van der Waals surface area contributed by atoms with Crippen LogP contribution >= 0.6 is 0 Å². The number of anilines is 1. The van der Waals surface area contributed by atoms with Gasteiger partial charge in [0.25, 0.3) is 0 Å². The highest BCUT2D eigenvalue weighted by Gasteiger charge is 2.58. The maximum atomic E-state index is 13.2. The highest BCUT2D eigenvalue weighted by molar-refractivity contribution is 6.08. The summed E-state index contributed by atoms with van der Waals surface area (Å²) >= 11 is 0. The molecule has 2 aromatic rings. The fraction of sp³-hybridized carbons (Fsp3) is 0.238. The summed E-state index contributed by atoms with van der Waals surface area (Å²) in [6, 6.07) is 15.8. The molecule has 0 bridgehead atoms. The molecule has 2 aliphatic heterocycles. The van der Waals surface area contributed by atoms with E-state index in [1.54, 1.807) is 0 Å². The normalized spacial score (nSPS) is 29.0. The second-order valence-corrected chi connectivity index (χ2v) is 7.00. The number of carbonyl (C=O) groups excluding carboxylic acids is 2. The summed E-state index contributed by atoms with van der Waals surface area (Å²) in [4.78, 5) is 24.8. The van der Waals surface area contributed by atoms with Gasteiger partial charge in [0.15, 0.2) is 0 Å². The van der Waals surface area contributed by atoms with Gasteiger partial charge >= 0.3 is 0 Å². The zero-order chi connectivity index (χ0) is 17.0. The molecule has 1 amide bonds. The van der Waals surface area contributed by atoms with Crippen molar-refractivity contribution < 1.29 is 14.3 Å². The lowest BCUT2D eigenvalue weighted by atomic mass is 9.57. The summed E-state index contributed by atoms with van der Waals surface area (Å²) in [5.41, 5.74) is 2.80. The molecule has 4 nitrogen and oxygen atoms in total. The first-order chi connectivity index (χ1) is 12.2. The van der Waals surface area contributed by atoms with Gasteiger partial charge in [-0.05, 0) is 35.3 Å². The highest BCUT2D eigenvalue weighted by atomic mass is 16.5. The summed E-state index contributed by atoms with van der Waals surface area (Å²) in [5.74, 6) is 0.779. The van der Waals surface area contributed by atoms with E-state index >= 15 is 0 Å². The topological polar surface area (TPSA) is 55.4 Å². The van der Waals surface area contributed by atoms with Gasteiger partial charge in [0.05, 0.1) is 12.0 Å². The average Bonchev–Trinajstić information content (AvgIpc) is 2.93. The zero-order valence-corrected chi connectivity index (χ0v) is 13.6. The molecule has 4 heteroatoms. The molecule has 3 atom stereocenters. The summed E-state index contributed by atoms with van der Waals surface area (Å²) in [6.07, 6.45) is 3.30. The quantitative estimate of drug-likeness (QED) is 0.817. The van der Waals surface area contributed by atoms with Gasteiger partial charge < -0.3 is 10.1 Å². The molecule has 1 unspecified atom stereocenters. The van der Waals surface area contributed by atoms with Crippen molar-refractivity contribution in [3.63, 3.8) is 0 Å². The molecule has 0 saturated heterocycles. The Hall–Kier alpha value is -2.88. The van der Waals surface area contributed by atoms with Crippen LogP contribution < -0.4 is 10.1 Å². The fourth-order valence-electron chi connectivity index (χ4n) is 4.83. The van der Waals surface area contributed by atoms with Crippen LogP contribution in [0.25, 0.3) is 0 Å². The first-order valence-electron chi connectivity index (χ1n) is 8.52. The summed E-state index contributed by atoms with van der Waals surface area (Å²) in [7, 11) is 0. The van der Waals surface area contributed by atoms with Crippen molar-refractivity contribution in [2.75, 3.05) is 11.9 Å². The maximum absolute atomic E-state index is 13.2. The van der Waals surface area contributed by atoms with Crippen LogP contribution in [0.15, 0.2) is 60.2 Å². The third-order valence-electron chi connectivity index (χ3n) is 5.77. The number of benzene rings is 2. The Morgan fingerprint density at radius 1 is 1.12 bits per heavy atom. The Kier molecular flexibility index (Phi) is 2.93. The lowest BCUT2D eigenvalue weighted by Crippen LogP contribution is -2.48. The van der Waals surface area contributed by atoms with Gasteiger partial charge in [0.1, 0.15) is 12.0 Å². The van der Waals surface area contributed by atoms with Gasteiger partial charge in [-0.15, -0.1) is 0 Å². The van der Waals surface area contributed by atoms with Crippen molar-refractivity contribution in [1.29, 1.82) is 0 Å². The van der Waals surface area contributed by atoms with E-state index in [1.807, 2.05) is 54.6 Å². The number of carbonyl (C=O) groups is 2. The van der Waals surface area contributed by atoms with Gasteiger partial charge in [-0.25, -0.2) is 0 Å². The van der Waals surface area contributed by atoms with Gasteiger partial charge in [-0.2, -0.15) is 0 Å². The molecule has 0 saturated carbocycles. The molecule has 124 valence electrons. The van der Waals surface area contributed by atoms with Crippen molar-refractivity contribution >= 4 is 17.9 Å². The van der Waals surface area contributed by atoms with E-state index in [4.69, 9.17) is 4.74 Å². The lowest BCUT2D eigenvalue weighted by molar-refractivity contribution is -0.122. The van der Waals surface area contributed by atoms with E-state index in [2.05, 4.69) is 5.32 Å². The first-order valence-corrected chi connectivity index (χ1v) is 8.52. The Balaban J connectivity index is 1.80. The minimum absolute atomic E-state index is 0.000700. The third-order valence-corrected chi connectivity index (χ3v) is 5.77. The molecule has 0 radical (unpaired) electrons. The fourth-order valence-corrected chi connectivity index (χ4v) is 4.83. The van der Waals surface area contributed by atoms with E-state index in [-0.39, 0.29) is 17.7 Å². The second-order valence-electron chi connectivity index (χ2n) is 7.00. The van der Waals surface area contributed by atoms with E-state index in [9.17, 15) is 9.59 Å². The minimum Gasteiger partial charge on any atom is -0.493 e. The summed E-state index contributed by atoms with van der Waals surface area (Å²) in [6.45, 7) is 0.482. The van der Waals surface area contributed by atoms with Crippen LogP contribution in [-0.4, -0.2) is 18.8 Å². The number of rotatable bonds is 1. The number of allylic oxidation sites excluding steroid dienone is 1. The van der Waals surface area contributed by atoms with Crippen molar-refractivity contribution in [3.8, 4) is 5.75 Å². The Bertz CT molecular complexity index is 932. The lowest BCUT2D eigenvalue weighted by Gasteiger charge is -2.46. The van der Waals surface area contributed by atoms with Gasteiger partial charge in [0, 0.05) is 17.5 Å². The standard InChI is InChI=1S/C21H17NO3/c23-11-13-9-14-12-25-18-8-4-1-5-15(18)19(14)21(10-13)16-6-2-3-7-17(16)22-20(21)24/h1-9,11,14,19H,10,12H2,(H,22,24)/t14-,19+,21?/m1/s1. The Labute approximate surface area is 145 Å². The number of amides is 1.